The smallest absolute Gasteiger partial charge is 0.344 e. The van der Waals surface area contributed by atoms with E-state index in [0.29, 0.717) is 12.2 Å². The number of hydrogen-bond acceptors (Lipinski definition) is 7. The fraction of sp³-hybridized carbons (Fsp3) is 0.214. The number of aryl methyl sites for hydroxylation is 1. The topological polar surface area (TPSA) is 103 Å². The number of carboxylic acids is 1. The number of rotatable bonds is 9. The molecule has 9 heteroatoms. The van der Waals surface area contributed by atoms with Crippen LogP contribution in [0, 0.1) is 10.1 Å². The van der Waals surface area contributed by atoms with Crippen molar-refractivity contribution in [3.8, 4) is 17.0 Å². The summed E-state index contributed by atoms with van der Waals surface area (Å²) in [5, 5.41) is 20.5. The minimum absolute atomic E-state index is 0.0631. The monoisotopic (exact) mass is 532 g/mol. The van der Waals surface area contributed by atoms with Crippen molar-refractivity contribution in [2.24, 2.45) is 0 Å². The van der Waals surface area contributed by atoms with Crippen LogP contribution in [0.3, 0.4) is 0 Å². The van der Waals surface area contributed by atoms with E-state index in [1.54, 1.807) is 30.0 Å². The Kier molecular flexibility index (Phi) is 7.25. The maximum Gasteiger partial charge on any atom is 0.344 e. The predicted molar refractivity (Wildman–Crippen MR) is 145 cm³/mol. The van der Waals surface area contributed by atoms with Crippen LogP contribution in [-0.4, -0.2) is 27.1 Å². The second-order valence-corrected chi connectivity index (χ2v) is 11.1. The number of aromatic nitrogens is 1. The molecule has 3 aromatic carbocycles. The molecule has 2 unspecified atom stereocenters. The van der Waals surface area contributed by atoms with Crippen LogP contribution in [0.4, 0.5) is 5.69 Å². The lowest BCUT2D eigenvalue weighted by Gasteiger charge is -2.21. The third-order valence-electron chi connectivity index (χ3n) is 6.31. The second-order valence-electron chi connectivity index (χ2n) is 8.64. The first-order chi connectivity index (χ1) is 17.9. The molecule has 1 heterocycles. The highest BCUT2D eigenvalue weighted by molar-refractivity contribution is 8.01. The first-order valence-corrected chi connectivity index (χ1v) is 13.6. The van der Waals surface area contributed by atoms with Gasteiger partial charge in [0.15, 0.2) is 10.4 Å². The Morgan fingerprint density at radius 1 is 1.08 bits per heavy atom. The van der Waals surface area contributed by atoms with Crippen molar-refractivity contribution >= 4 is 34.8 Å². The number of benzene rings is 3. The molecule has 1 N–H and O–H groups in total. The Morgan fingerprint density at radius 2 is 1.81 bits per heavy atom. The number of thiazole rings is 1. The average Bonchev–Trinajstić information content (AvgIpc) is 3.34. The molecule has 1 aliphatic carbocycles. The highest BCUT2D eigenvalue weighted by Crippen LogP contribution is 2.47. The highest BCUT2D eigenvalue weighted by atomic mass is 32.2. The third-order valence-corrected chi connectivity index (χ3v) is 8.83. The van der Waals surface area contributed by atoms with E-state index in [1.165, 1.54) is 17.0 Å². The van der Waals surface area contributed by atoms with Gasteiger partial charge < -0.3 is 9.84 Å². The lowest BCUT2D eigenvalue weighted by Crippen LogP contribution is -2.26. The molecule has 5 rings (SSSR count). The average molecular weight is 533 g/mol. The van der Waals surface area contributed by atoms with Crippen molar-refractivity contribution in [1.29, 1.82) is 0 Å². The maximum absolute atomic E-state index is 11.5. The Labute approximate surface area is 222 Å². The van der Waals surface area contributed by atoms with Gasteiger partial charge in [0.2, 0.25) is 0 Å². The summed E-state index contributed by atoms with van der Waals surface area (Å²) in [6.45, 7) is 1.80. The second kappa shape index (κ2) is 10.7. The number of nitro benzene ring substituents is 1. The number of carbonyl (C=O) groups is 1. The molecular weight excluding hydrogens is 508 g/mol. The number of nitrogens with zero attached hydrogens (tertiary/aromatic N) is 2. The molecule has 1 aliphatic rings. The van der Waals surface area contributed by atoms with Crippen LogP contribution in [-0.2, 0) is 17.6 Å². The van der Waals surface area contributed by atoms with Gasteiger partial charge in [-0.2, -0.15) is 0 Å². The molecular formula is C28H24N2O5S2. The number of fused-ring (bicyclic) bond motifs is 3. The van der Waals surface area contributed by atoms with Crippen molar-refractivity contribution in [3.05, 3.63) is 104 Å². The SMILES string of the molecule is CCC(Oc1cccc2c1CCc1sc(SC(c3ccccc3)c3ccc([N+](=O)[O-])cc3)nc1-2)C(=O)O. The molecule has 37 heavy (non-hydrogen) atoms. The van der Waals surface area contributed by atoms with Crippen LogP contribution >= 0.6 is 23.1 Å². The van der Waals surface area contributed by atoms with Gasteiger partial charge in [0.1, 0.15) is 5.75 Å². The minimum Gasteiger partial charge on any atom is -0.479 e. The number of hydrogen-bond donors (Lipinski definition) is 1. The van der Waals surface area contributed by atoms with Gasteiger partial charge in [-0.3, -0.25) is 10.1 Å². The highest BCUT2D eigenvalue weighted by Gasteiger charge is 2.27. The van der Waals surface area contributed by atoms with Crippen molar-refractivity contribution < 1.29 is 19.6 Å². The molecule has 0 saturated carbocycles. The van der Waals surface area contributed by atoms with E-state index in [4.69, 9.17) is 9.72 Å². The first kappa shape index (κ1) is 25.0. The van der Waals surface area contributed by atoms with Gasteiger partial charge in [0, 0.05) is 28.1 Å². The molecule has 0 spiro atoms. The van der Waals surface area contributed by atoms with Crippen LogP contribution in [0.5, 0.6) is 5.75 Å². The molecule has 188 valence electrons. The Balaban J connectivity index is 1.47. The summed E-state index contributed by atoms with van der Waals surface area (Å²) >= 11 is 3.29. The molecule has 2 atom stereocenters. The van der Waals surface area contributed by atoms with E-state index in [0.717, 1.165) is 45.1 Å². The lowest BCUT2D eigenvalue weighted by molar-refractivity contribution is -0.384. The molecule has 4 aromatic rings. The predicted octanol–water partition coefficient (Wildman–Crippen LogP) is 6.94. The van der Waals surface area contributed by atoms with E-state index >= 15 is 0 Å². The van der Waals surface area contributed by atoms with Gasteiger partial charge >= 0.3 is 5.97 Å². The quantitative estimate of drug-likeness (QED) is 0.141. The van der Waals surface area contributed by atoms with Gasteiger partial charge in [-0.15, -0.1) is 11.3 Å². The number of thioether (sulfide) groups is 1. The van der Waals surface area contributed by atoms with Gasteiger partial charge in [0.25, 0.3) is 5.69 Å². The van der Waals surface area contributed by atoms with Crippen molar-refractivity contribution in [1.82, 2.24) is 4.98 Å². The van der Waals surface area contributed by atoms with E-state index in [9.17, 15) is 20.0 Å². The van der Waals surface area contributed by atoms with Crippen LogP contribution in [0.15, 0.2) is 77.1 Å². The number of ether oxygens (including phenoxy) is 1. The molecule has 7 nitrogen and oxygen atoms in total. The zero-order valence-corrected chi connectivity index (χ0v) is 21.6. The first-order valence-electron chi connectivity index (χ1n) is 11.9. The normalized spacial score (nSPS) is 13.8. The van der Waals surface area contributed by atoms with E-state index in [-0.39, 0.29) is 10.9 Å². The summed E-state index contributed by atoms with van der Waals surface area (Å²) in [7, 11) is 0. The minimum atomic E-state index is -0.970. The van der Waals surface area contributed by atoms with Crippen LogP contribution in [0.2, 0.25) is 0 Å². The Morgan fingerprint density at radius 3 is 2.49 bits per heavy atom. The Hall–Kier alpha value is -3.69. The molecule has 1 aromatic heterocycles. The van der Waals surface area contributed by atoms with Gasteiger partial charge in [-0.25, -0.2) is 9.78 Å². The van der Waals surface area contributed by atoms with E-state index in [1.807, 2.05) is 48.5 Å². The van der Waals surface area contributed by atoms with E-state index < -0.39 is 17.0 Å². The summed E-state index contributed by atoms with van der Waals surface area (Å²) in [5.41, 5.74) is 5.00. The number of nitro groups is 1. The van der Waals surface area contributed by atoms with Crippen molar-refractivity contribution in [2.75, 3.05) is 0 Å². The summed E-state index contributed by atoms with van der Waals surface area (Å²) in [4.78, 5) is 28.5. The molecule has 0 fully saturated rings. The van der Waals surface area contributed by atoms with Gasteiger partial charge in [-0.05, 0) is 36.5 Å². The van der Waals surface area contributed by atoms with Crippen molar-refractivity contribution in [3.63, 3.8) is 0 Å². The standard InChI is InChI=1S/C28H24N2O5S2/c1-2-22(27(31)32)35-23-10-6-9-21-20(23)15-16-24-25(21)29-28(36-24)37-26(17-7-4-3-5-8-17)18-11-13-19(14-12-18)30(33)34/h3-14,22,26H,2,15-16H2,1H3,(H,31,32). The summed E-state index contributed by atoms with van der Waals surface area (Å²) in [6.07, 6.45) is 1.05. The Bertz CT molecular complexity index is 1440. The van der Waals surface area contributed by atoms with E-state index in [2.05, 4.69) is 12.1 Å². The van der Waals surface area contributed by atoms with Crippen LogP contribution in [0.25, 0.3) is 11.3 Å². The number of non-ortho nitro benzene ring substituents is 1. The molecule has 0 radical (unpaired) electrons. The molecule has 0 saturated heterocycles. The zero-order valence-electron chi connectivity index (χ0n) is 20.0. The van der Waals surface area contributed by atoms with Gasteiger partial charge in [0.05, 0.1) is 15.9 Å². The fourth-order valence-electron chi connectivity index (χ4n) is 4.44. The molecule has 0 bridgehead atoms. The zero-order chi connectivity index (χ0) is 25.9. The van der Waals surface area contributed by atoms with Crippen molar-refractivity contribution in [2.45, 2.75) is 41.9 Å². The van der Waals surface area contributed by atoms with Gasteiger partial charge in [-0.1, -0.05) is 73.3 Å². The third kappa shape index (κ3) is 5.23. The summed E-state index contributed by atoms with van der Waals surface area (Å²) in [6, 6.07) is 22.5. The molecule has 0 aliphatic heterocycles. The fourth-order valence-corrected chi connectivity index (χ4v) is 6.96. The van der Waals surface area contributed by atoms with Crippen LogP contribution in [0.1, 0.15) is 40.2 Å². The lowest BCUT2D eigenvalue weighted by atomic mass is 9.92. The largest absolute Gasteiger partial charge is 0.479 e. The molecule has 0 amide bonds. The summed E-state index contributed by atoms with van der Waals surface area (Å²) < 4.78 is 6.79. The number of aliphatic carboxylic acids is 1. The van der Waals surface area contributed by atoms with Crippen LogP contribution < -0.4 is 4.74 Å². The maximum atomic E-state index is 11.5. The summed E-state index contributed by atoms with van der Waals surface area (Å²) in [5.74, 6) is -0.366. The number of carboxylic acid groups (broad SMARTS) is 1.